The van der Waals surface area contributed by atoms with Crippen LogP contribution < -0.4 is 18.9 Å². The third-order valence-corrected chi connectivity index (χ3v) is 11.6. The minimum atomic E-state index is 1.04. The number of hydrogen-bond donors (Lipinski definition) is 0. The number of fused-ring (bicyclic) bond motifs is 2. The molecule has 0 radical (unpaired) electrons. The monoisotopic (exact) mass is 712 g/mol. The van der Waals surface area contributed by atoms with Crippen LogP contribution in [0.3, 0.4) is 0 Å². The Kier molecular flexibility index (Phi) is 11.8. The second-order valence-electron chi connectivity index (χ2n) is 15.3. The van der Waals surface area contributed by atoms with Crippen molar-refractivity contribution in [1.29, 1.82) is 0 Å². The highest BCUT2D eigenvalue weighted by atomic mass is 15.1. The van der Waals surface area contributed by atoms with E-state index in [9.17, 15) is 0 Å². The second-order valence-corrected chi connectivity index (χ2v) is 15.3. The quantitative estimate of drug-likeness (QED) is 0.0777. The van der Waals surface area contributed by atoms with E-state index in [-0.39, 0.29) is 0 Å². The number of nitrogens with zero attached hydrogens (tertiary/aromatic N) is 4. The van der Waals surface area contributed by atoms with Gasteiger partial charge in [-0.25, -0.2) is 0 Å². The first-order valence-electron chi connectivity index (χ1n) is 20.7. The Bertz CT molecular complexity index is 2030. The van der Waals surface area contributed by atoms with E-state index in [4.69, 9.17) is 0 Å². The number of aryl methyl sites for hydroxylation is 2. The number of rotatable bonds is 15. The number of aromatic nitrogens is 2. The molecule has 2 aliphatic rings. The molecule has 0 aliphatic carbocycles. The Hall–Kier alpha value is -5.22. The third kappa shape index (κ3) is 8.76. The van der Waals surface area contributed by atoms with Gasteiger partial charge in [0.25, 0.3) is 0 Å². The van der Waals surface area contributed by atoms with Crippen molar-refractivity contribution in [3.05, 3.63) is 144 Å². The lowest BCUT2D eigenvalue weighted by Gasteiger charge is -2.17. The molecular weight excluding hydrogens is 657 g/mol. The topological polar surface area (TPSA) is 14.2 Å². The fraction of sp³-hybridized carbons (Fsp3) is 0.320. The van der Waals surface area contributed by atoms with Crippen LogP contribution in [-0.4, -0.2) is 26.2 Å². The van der Waals surface area contributed by atoms with Crippen molar-refractivity contribution in [2.24, 2.45) is 0 Å². The van der Waals surface area contributed by atoms with Crippen molar-refractivity contribution in [3.63, 3.8) is 0 Å². The molecule has 2 aliphatic heterocycles. The lowest BCUT2D eigenvalue weighted by Crippen LogP contribution is -2.38. The molecule has 0 atom stereocenters. The van der Waals surface area contributed by atoms with Crippen LogP contribution >= 0.6 is 0 Å². The van der Waals surface area contributed by atoms with E-state index in [0.29, 0.717) is 0 Å². The van der Waals surface area contributed by atoms with E-state index < -0.39 is 0 Å². The molecule has 0 amide bonds. The molecule has 0 spiro atoms. The molecule has 8 rings (SSSR count). The molecule has 2 fully saturated rings. The summed E-state index contributed by atoms with van der Waals surface area (Å²) in [6.45, 7) is 6.82. The van der Waals surface area contributed by atoms with Crippen LogP contribution in [0.2, 0.25) is 0 Å². The maximum absolute atomic E-state index is 2.53. The Labute approximate surface area is 322 Å². The molecule has 54 heavy (non-hydrogen) atoms. The molecule has 2 aromatic heterocycles. The molecule has 4 heteroatoms. The van der Waals surface area contributed by atoms with Crippen molar-refractivity contribution >= 4 is 57.5 Å². The molecule has 0 saturated carbocycles. The summed E-state index contributed by atoms with van der Waals surface area (Å²) in [6.07, 6.45) is 21.8. The number of unbranched alkanes of at least 4 members (excludes halogenated alkanes) is 5. The number of anilines is 2. The average molecular weight is 713 g/mol. The highest BCUT2D eigenvalue weighted by Crippen LogP contribution is 2.23. The lowest BCUT2D eigenvalue weighted by atomic mass is 10.1. The molecule has 4 aromatic carbocycles. The molecule has 0 N–H and O–H groups in total. The molecule has 0 unspecified atom stereocenters. The van der Waals surface area contributed by atoms with Crippen LogP contribution in [0.15, 0.2) is 121 Å². The molecule has 4 heterocycles. The summed E-state index contributed by atoms with van der Waals surface area (Å²) in [5.74, 6) is 0. The Morgan fingerprint density at radius 2 is 0.778 bits per heavy atom. The minimum absolute atomic E-state index is 1.04. The van der Waals surface area contributed by atoms with Crippen molar-refractivity contribution < 1.29 is 9.13 Å². The summed E-state index contributed by atoms with van der Waals surface area (Å²) in [4.78, 5) is 5.00. The Balaban J connectivity index is 0.852. The van der Waals surface area contributed by atoms with Crippen LogP contribution in [0.1, 0.15) is 86.7 Å². The predicted octanol–water partition coefficient (Wildman–Crippen LogP) is 11.1. The summed E-state index contributed by atoms with van der Waals surface area (Å²) in [5, 5.41) is 2.61. The first kappa shape index (κ1) is 35.8. The van der Waals surface area contributed by atoms with Crippen LogP contribution in [0.4, 0.5) is 11.4 Å². The molecule has 0 bridgehead atoms. The second kappa shape index (κ2) is 17.7. The summed E-state index contributed by atoms with van der Waals surface area (Å²) >= 11 is 0. The first-order chi connectivity index (χ1) is 26.8. The zero-order valence-corrected chi connectivity index (χ0v) is 32.0. The van der Waals surface area contributed by atoms with Gasteiger partial charge in [-0.1, -0.05) is 61.4 Å². The van der Waals surface area contributed by atoms with Gasteiger partial charge in [-0.15, -0.1) is 0 Å². The molecule has 4 nitrogen and oxygen atoms in total. The number of benzene rings is 4. The average Bonchev–Trinajstić information content (AvgIpc) is 3.98. The minimum Gasteiger partial charge on any atom is -0.372 e. The summed E-state index contributed by atoms with van der Waals surface area (Å²) in [5.41, 5.74) is 10.4. The van der Waals surface area contributed by atoms with Gasteiger partial charge < -0.3 is 9.80 Å². The van der Waals surface area contributed by atoms with E-state index in [1.54, 1.807) is 0 Å². The fourth-order valence-electron chi connectivity index (χ4n) is 8.50. The summed E-state index contributed by atoms with van der Waals surface area (Å²) in [6, 6.07) is 45.0. The molecule has 6 aromatic rings. The van der Waals surface area contributed by atoms with E-state index in [1.807, 2.05) is 0 Å². The van der Waals surface area contributed by atoms with E-state index in [0.717, 1.165) is 13.1 Å². The summed E-state index contributed by atoms with van der Waals surface area (Å²) < 4.78 is 5.05. The van der Waals surface area contributed by atoms with Crippen molar-refractivity contribution in [2.45, 2.75) is 77.3 Å². The normalized spacial score (nSPS) is 14.8. The number of para-hydroxylation sites is 2. The third-order valence-electron chi connectivity index (χ3n) is 11.6. The van der Waals surface area contributed by atoms with Gasteiger partial charge in [0.15, 0.2) is 0 Å². The van der Waals surface area contributed by atoms with Gasteiger partial charge in [0.1, 0.15) is 13.1 Å². The van der Waals surface area contributed by atoms with Crippen LogP contribution in [0.5, 0.6) is 0 Å². The highest BCUT2D eigenvalue weighted by Gasteiger charge is 2.16. The molecule has 274 valence electrons. The predicted molar refractivity (Wildman–Crippen MR) is 230 cm³/mol. The van der Waals surface area contributed by atoms with Gasteiger partial charge in [-0.05, 0) is 110 Å². The van der Waals surface area contributed by atoms with Gasteiger partial charge in [-0.3, -0.25) is 0 Å². The van der Waals surface area contributed by atoms with Gasteiger partial charge in [0.2, 0.25) is 22.4 Å². The highest BCUT2D eigenvalue weighted by molar-refractivity contribution is 5.78. The fourth-order valence-corrected chi connectivity index (χ4v) is 8.50. The molecular formula is C50H56N4+2. The number of hydrogen-bond acceptors (Lipinski definition) is 2. The molecule has 2 saturated heterocycles. The standard InChI is InChI=1S/C50H56N4/c1(3-9-39-53-47(33-25-43-15-5-7-17-49(43)53)31-23-41-19-27-45(28-20-41)51-35-11-12-36-51)2-4-10-40-54-48(34-26-44-16-6-8-18-50(44)54)32-24-42-21-29-46(30-22-42)52-37-13-14-38-52/h5-8,15-34H,1-4,9-14,35-40H2/q+2. The van der Waals surface area contributed by atoms with Crippen LogP contribution in [0, 0.1) is 0 Å². The largest absolute Gasteiger partial charge is 0.372 e. The van der Waals surface area contributed by atoms with Gasteiger partial charge >= 0.3 is 0 Å². The zero-order valence-electron chi connectivity index (χ0n) is 32.0. The number of pyridine rings is 2. The first-order valence-corrected chi connectivity index (χ1v) is 20.7. The van der Waals surface area contributed by atoms with Crippen molar-refractivity contribution in [1.82, 2.24) is 0 Å². The van der Waals surface area contributed by atoms with E-state index in [2.05, 4.69) is 165 Å². The van der Waals surface area contributed by atoms with Gasteiger partial charge in [-0.2, -0.15) is 9.13 Å². The maximum Gasteiger partial charge on any atom is 0.212 e. The lowest BCUT2D eigenvalue weighted by molar-refractivity contribution is -0.673. The van der Waals surface area contributed by atoms with Gasteiger partial charge in [0.05, 0.1) is 0 Å². The van der Waals surface area contributed by atoms with Crippen LogP contribution in [0.25, 0.3) is 46.1 Å². The van der Waals surface area contributed by atoms with Gasteiger partial charge in [0, 0.05) is 97.6 Å². The summed E-state index contributed by atoms with van der Waals surface area (Å²) in [7, 11) is 0. The van der Waals surface area contributed by atoms with Crippen molar-refractivity contribution in [3.8, 4) is 0 Å². The Morgan fingerprint density at radius 1 is 0.389 bits per heavy atom. The maximum atomic E-state index is 2.53. The zero-order chi connectivity index (χ0) is 36.4. The Morgan fingerprint density at radius 3 is 1.20 bits per heavy atom. The van der Waals surface area contributed by atoms with Crippen LogP contribution in [-0.2, 0) is 13.1 Å². The SMILES string of the molecule is C(=C\c1ccc2ccccc2[n+]1CCCCCCCC[n+]1c(/C=C/c2ccc(N3CCCC3)cc2)ccc2ccccc21)/c1ccc(N2CCCC2)cc1. The van der Waals surface area contributed by atoms with Crippen molar-refractivity contribution in [2.75, 3.05) is 36.0 Å². The van der Waals surface area contributed by atoms with E-state index in [1.165, 1.54) is 146 Å². The smallest absolute Gasteiger partial charge is 0.212 e. The van der Waals surface area contributed by atoms with E-state index >= 15 is 0 Å².